The molecule has 4 rings (SSSR count). The SMILES string of the molecule is O=C(O)[C@@H](CCn1nnc2ccccc2c1=O)[C@H](O)c1ccc(Oc2cc(Cl)ccc2Cl)cc1. The molecule has 0 saturated heterocycles. The van der Waals surface area contributed by atoms with Crippen molar-refractivity contribution in [2.24, 2.45) is 5.92 Å². The van der Waals surface area contributed by atoms with E-state index in [1.807, 2.05) is 0 Å². The highest BCUT2D eigenvalue weighted by molar-refractivity contribution is 6.34. The van der Waals surface area contributed by atoms with Crippen LogP contribution < -0.4 is 10.3 Å². The van der Waals surface area contributed by atoms with Crippen LogP contribution in [0.5, 0.6) is 11.5 Å². The molecule has 0 amide bonds. The highest BCUT2D eigenvalue weighted by Crippen LogP contribution is 2.33. The van der Waals surface area contributed by atoms with Crippen LogP contribution >= 0.6 is 23.2 Å². The quantitative estimate of drug-likeness (QED) is 0.360. The Morgan fingerprint density at radius 2 is 1.79 bits per heavy atom. The molecule has 174 valence electrons. The molecule has 0 aliphatic heterocycles. The topological polar surface area (TPSA) is 115 Å². The van der Waals surface area contributed by atoms with E-state index in [1.165, 1.54) is 0 Å². The highest BCUT2D eigenvalue weighted by Gasteiger charge is 2.28. The molecule has 10 heteroatoms. The minimum atomic E-state index is -1.31. The molecule has 0 fully saturated rings. The number of nitrogens with zero attached hydrogens (tertiary/aromatic N) is 3. The maximum absolute atomic E-state index is 12.6. The van der Waals surface area contributed by atoms with E-state index in [4.69, 9.17) is 27.9 Å². The fourth-order valence-corrected chi connectivity index (χ4v) is 3.81. The lowest BCUT2D eigenvalue weighted by molar-refractivity contribution is -0.146. The van der Waals surface area contributed by atoms with Crippen LogP contribution in [0.2, 0.25) is 10.0 Å². The van der Waals surface area contributed by atoms with Crippen LogP contribution in [0, 0.1) is 5.92 Å². The van der Waals surface area contributed by atoms with E-state index in [0.717, 1.165) is 4.68 Å². The van der Waals surface area contributed by atoms with Crippen molar-refractivity contribution in [3.05, 3.63) is 92.7 Å². The summed E-state index contributed by atoms with van der Waals surface area (Å²) in [5, 5.41) is 29.5. The number of aliphatic hydroxyl groups excluding tert-OH is 1. The van der Waals surface area contributed by atoms with Gasteiger partial charge in [0.1, 0.15) is 17.0 Å². The molecule has 0 unspecified atom stereocenters. The molecule has 4 aromatic rings. The van der Waals surface area contributed by atoms with E-state index < -0.39 is 18.0 Å². The number of carboxylic acids is 1. The van der Waals surface area contributed by atoms with Gasteiger partial charge in [0.2, 0.25) is 0 Å². The summed E-state index contributed by atoms with van der Waals surface area (Å²) in [6, 6.07) is 17.9. The van der Waals surface area contributed by atoms with Crippen molar-refractivity contribution in [3.63, 3.8) is 0 Å². The zero-order chi connectivity index (χ0) is 24.2. The third-order valence-corrected chi connectivity index (χ3v) is 5.87. The molecule has 0 spiro atoms. The van der Waals surface area contributed by atoms with E-state index >= 15 is 0 Å². The minimum absolute atomic E-state index is 0.0147. The van der Waals surface area contributed by atoms with Gasteiger partial charge in [-0.05, 0) is 48.4 Å². The molecular formula is C24H19Cl2N3O5. The van der Waals surface area contributed by atoms with Crippen LogP contribution in [0.4, 0.5) is 0 Å². The van der Waals surface area contributed by atoms with Crippen LogP contribution in [0.3, 0.4) is 0 Å². The van der Waals surface area contributed by atoms with Gasteiger partial charge < -0.3 is 14.9 Å². The predicted molar refractivity (Wildman–Crippen MR) is 127 cm³/mol. The first-order chi connectivity index (χ1) is 16.3. The van der Waals surface area contributed by atoms with Crippen molar-refractivity contribution in [2.45, 2.75) is 19.1 Å². The predicted octanol–water partition coefficient (Wildman–Crippen LogP) is 4.72. The molecule has 0 aliphatic rings. The van der Waals surface area contributed by atoms with Crippen molar-refractivity contribution < 1.29 is 19.7 Å². The van der Waals surface area contributed by atoms with Crippen LogP contribution in [0.25, 0.3) is 10.9 Å². The normalized spacial score (nSPS) is 12.9. The molecular weight excluding hydrogens is 481 g/mol. The summed E-state index contributed by atoms with van der Waals surface area (Å²) in [7, 11) is 0. The van der Waals surface area contributed by atoms with Crippen LogP contribution in [0.1, 0.15) is 18.1 Å². The monoisotopic (exact) mass is 499 g/mol. The summed E-state index contributed by atoms with van der Waals surface area (Å²) in [6.07, 6.45) is -1.34. The number of carbonyl (C=O) groups is 1. The molecule has 8 nitrogen and oxygen atoms in total. The van der Waals surface area contributed by atoms with Crippen molar-refractivity contribution in [3.8, 4) is 11.5 Å². The van der Waals surface area contributed by atoms with Gasteiger partial charge in [-0.15, -0.1) is 5.10 Å². The molecule has 1 aromatic heterocycles. The number of fused-ring (bicyclic) bond motifs is 1. The number of hydrogen-bond donors (Lipinski definition) is 2. The molecule has 0 aliphatic carbocycles. The van der Waals surface area contributed by atoms with Crippen LogP contribution in [-0.2, 0) is 11.3 Å². The first-order valence-electron chi connectivity index (χ1n) is 10.3. The first-order valence-corrected chi connectivity index (χ1v) is 11.1. The number of aryl methyl sites for hydroxylation is 1. The third-order valence-electron chi connectivity index (χ3n) is 5.32. The lowest BCUT2D eigenvalue weighted by Crippen LogP contribution is -2.29. The Labute approximate surface area is 203 Å². The van der Waals surface area contributed by atoms with Gasteiger partial charge in [-0.1, -0.05) is 52.7 Å². The summed E-state index contributed by atoms with van der Waals surface area (Å²) in [5.74, 6) is -1.56. The molecule has 0 bridgehead atoms. The molecule has 2 N–H and O–H groups in total. The fraction of sp³-hybridized carbons (Fsp3) is 0.167. The Balaban J connectivity index is 1.48. The Morgan fingerprint density at radius 3 is 2.53 bits per heavy atom. The second-order valence-electron chi connectivity index (χ2n) is 7.56. The lowest BCUT2D eigenvalue weighted by Gasteiger charge is -2.20. The Bertz CT molecular complexity index is 1390. The number of aliphatic carboxylic acids is 1. The Hall–Kier alpha value is -3.46. The van der Waals surface area contributed by atoms with E-state index in [9.17, 15) is 19.8 Å². The van der Waals surface area contributed by atoms with Gasteiger partial charge in [0, 0.05) is 17.6 Å². The van der Waals surface area contributed by atoms with Gasteiger partial charge in [-0.25, -0.2) is 4.68 Å². The zero-order valence-electron chi connectivity index (χ0n) is 17.6. The van der Waals surface area contributed by atoms with Gasteiger partial charge in [-0.3, -0.25) is 9.59 Å². The summed E-state index contributed by atoms with van der Waals surface area (Å²) in [4.78, 5) is 24.5. The van der Waals surface area contributed by atoms with E-state index in [-0.39, 0.29) is 18.5 Å². The van der Waals surface area contributed by atoms with E-state index in [0.29, 0.717) is 38.0 Å². The second-order valence-corrected chi connectivity index (χ2v) is 8.40. The molecule has 0 saturated carbocycles. The fourth-order valence-electron chi connectivity index (χ4n) is 3.50. The number of ether oxygens (including phenoxy) is 1. The van der Waals surface area contributed by atoms with Gasteiger partial charge >= 0.3 is 5.97 Å². The van der Waals surface area contributed by atoms with E-state index in [2.05, 4.69) is 10.3 Å². The molecule has 2 atom stereocenters. The van der Waals surface area contributed by atoms with Crippen LogP contribution in [0.15, 0.2) is 71.5 Å². The number of benzene rings is 3. The minimum Gasteiger partial charge on any atom is -0.481 e. The number of aromatic nitrogens is 3. The van der Waals surface area contributed by atoms with Crippen molar-refractivity contribution in [1.29, 1.82) is 0 Å². The zero-order valence-corrected chi connectivity index (χ0v) is 19.1. The van der Waals surface area contributed by atoms with Crippen molar-refractivity contribution in [2.75, 3.05) is 0 Å². The van der Waals surface area contributed by atoms with Crippen molar-refractivity contribution in [1.82, 2.24) is 15.0 Å². The maximum Gasteiger partial charge on any atom is 0.309 e. The van der Waals surface area contributed by atoms with Gasteiger partial charge in [-0.2, -0.15) is 0 Å². The standard InChI is InChI=1S/C24H19Cl2N3O5/c25-15-7-10-19(26)21(13-15)34-16-8-5-14(6-9-16)22(30)18(24(32)33)11-12-29-23(31)17-3-1-2-4-20(17)27-28-29/h1-10,13,18,22,30H,11-12H2,(H,32,33)/t18-,22+/m0/s1. The lowest BCUT2D eigenvalue weighted by atomic mass is 9.93. The average Bonchev–Trinajstić information content (AvgIpc) is 2.83. The van der Waals surface area contributed by atoms with E-state index in [1.54, 1.807) is 66.7 Å². The number of aliphatic hydroxyl groups is 1. The smallest absolute Gasteiger partial charge is 0.309 e. The molecule has 1 heterocycles. The molecule has 3 aromatic carbocycles. The summed E-state index contributed by atoms with van der Waals surface area (Å²) >= 11 is 12.1. The highest BCUT2D eigenvalue weighted by atomic mass is 35.5. The second kappa shape index (κ2) is 10.2. The number of hydrogen-bond acceptors (Lipinski definition) is 6. The number of rotatable bonds is 8. The van der Waals surface area contributed by atoms with Gasteiger partial charge in [0.25, 0.3) is 5.56 Å². The first kappa shape index (κ1) is 23.7. The number of halogens is 2. The van der Waals surface area contributed by atoms with Crippen molar-refractivity contribution >= 4 is 40.1 Å². The molecule has 34 heavy (non-hydrogen) atoms. The maximum atomic E-state index is 12.6. The van der Waals surface area contributed by atoms with Crippen LogP contribution in [-0.4, -0.2) is 31.2 Å². The van der Waals surface area contributed by atoms with Gasteiger partial charge in [0.05, 0.1) is 22.4 Å². The summed E-state index contributed by atoms with van der Waals surface area (Å²) in [6.45, 7) is -0.0147. The van der Waals surface area contributed by atoms with Gasteiger partial charge in [0.15, 0.2) is 0 Å². The average molecular weight is 500 g/mol. The molecule has 0 radical (unpaired) electrons. The largest absolute Gasteiger partial charge is 0.481 e. The third kappa shape index (κ3) is 5.20. The summed E-state index contributed by atoms with van der Waals surface area (Å²) in [5.41, 5.74) is 0.472. The Kier molecular flexibility index (Phi) is 7.12. The summed E-state index contributed by atoms with van der Waals surface area (Å²) < 4.78 is 6.83. The number of carboxylic acid groups (broad SMARTS) is 1. The Morgan fingerprint density at radius 1 is 1.06 bits per heavy atom.